The normalized spacial score (nSPS) is 10.9. The van der Waals surface area contributed by atoms with Crippen molar-refractivity contribution in [3.63, 3.8) is 0 Å². The number of fused-ring (bicyclic) bond motifs is 1. The highest BCUT2D eigenvalue weighted by molar-refractivity contribution is 5.75. The molecule has 122 valence electrons. The lowest BCUT2D eigenvalue weighted by atomic mass is 10.1. The van der Waals surface area contributed by atoms with Gasteiger partial charge in [-0.25, -0.2) is 4.98 Å². The zero-order chi connectivity index (χ0) is 17.1. The highest BCUT2D eigenvalue weighted by atomic mass is 16.4. The molecule has 0 saturated carbocycles. The van der Waals surface area contributed by atoms with E-state index >= 15 is 0 Å². The second-order valence-electron chi connectivity index (χ2n) is 5.76. The third kappa shape index (κ3) is 3.20. The molecular formula is C19H18N2O3. The highest BCUT2D eigenvalue weighted by Gasteiger charge is 2.13. The quantitative estimate of drug-likeness (QED) is 0.784. The van der Waals surface area contributed by atoms with E-state index in [-0.39, 0.29) is 18.4 Å². The van der Waals surface area contributed by atoms with E-state index in [0.717, 1.165) is 16.6 Å². The van der Waals surface area contributed by atoms with Gasteiger partial charge in [-0.3, -0.25) is 9.59 Å². The number of hydrogen-bond donors (Lipinski definition) is 1. The number of benzene rings is 2. The summed E-state index contributed by atoms with van der Waals surface area (Å²) in [5.74, 6) is -0.935. The third-order valence-electron chi connectivity index (χ3n) is 4.09. The van der Waals surface area contributed by atoms with Gasteiger partial charge in [-0.15, -0.1) is 0 Å². The lowest BCUT2D eigenvalue weighted by Crippen LogP contribution is -2.27. The number of carboxylic acid groups (broad SMARTS) is 1. The van der Waals surface area contributed by atoms with Crippen LogP contribution in [0.1, 0.15) is 23.2 Å². The molecule has 1 aromatic heterocycles. The number of rotatable bonds is 5. The van der Waals surface area contributed by atoms with E-state index in [0.29, 0.717) is 17.8 Å². The number of hydrogen-bond acceptors (Lipinski definition) is 3. The Balaban J connectivity index is 2.13. The van der Waals surface area contributed by atoms with Gasteiger partial charge in [-0.2, -0.15) is 0 Å². The monoisotopic (exact) mass is 322 g/mol. The molecule has 3 rings (SSSR count). The minimum absolute atomic E-state index is 0.106. The van der Waals surface area contributed by atoms with Crippen LogP contribution in [0, 0.1) is 6.92 Å². The zero-order valence-corrected chi connectivity index (χ0v) is 13.4. The van der Waals surface area contributed by atoms with Gasteiger partial charge in [0.15, 0.2) is 0 Å². The predicted octanol–water partition coefficient (Wildman–Crippen LogP) is 2.77. The highest BCUT2D eigenvalue weighted by Crippen LogP contribution is 2.14. The van der Waals surface area contributed by atoms with Crippen LogP contribution < -0.4 is 5.56 Å². The maximum Gasteiger partial charge on any atom is 0.303 e. The van der Waals surface area contributed by atoms with E-state index in [1.54, 1.807) is 4.57 Å². The molecule has 0 unspecified atom stereocenters. The molecule has 0 bridgehead atoms. The number of aryl methyl sites for hydroxylation is 2. The van der Waals surface area contributed by atoms with Crippen molar-refractivity contribution in [3.8, 4) is 0 Å². The first-order chi connectivity index (χ1) is 11.6. The van der Waals surface area contributed by atoms with Crippen molar-refractivity contribution in [1.82, 2.24) is 9.55 Å². The van der Waals surface area contributed by atoms with Gasteiger partial charge in [0.05, 0.1) is 24.0 Å². The van der Waals surface area contributed by atoms with Crippen LogP contribution in [0.15, 0.2) is 53.3 Å². The topological polar surface area (TPSA) is 72.2 Å². The van der Waals surface area contributed by atoms with Crippen LogP contribution >= 0.6 is 0 Å². The summed E-state index contributed by atoms with van der Waals surface area (Å²) in [5, 5.41) is 8.88. The maximum atomic E-state index is 12.8. The van der Waals surface area contributed by atoms with Crippen molar-refractivity contribution in [2.24, 2.45) is 0 Å². The van der Waals surface area contributed by atoms with Gasteiger partial charge in [0, 0.05) is 6.42 Å². The van der Waals surface area contributed by atoms with E-state index in [9.17, 15) is 9.59 Å². The Labute approximate surface area is 139 Å². The molecule has 0 fully saturated rings. The molecule has 24 heavy (non-hydrogen) atoms. The molecule has 0 saturated heterocycles. The number of carbonyl (C=O) groups is 1. The fourth-order valence-electron chi connectivity index (χ4n) is 2.75. The fraction of sp³-hybridized carbons (Fsp3) is 0.211. The molecule has 1 heterocycles. The van der Waals surface area contributed by atoms with Gasteiger partial charge < -0.3 is 9.67 Å². The minimum Gasteiger partial charge on any atom is -0.481 e. The van der Waals surface area contributed by atoms with E-state index in [1.165, 1.54) is 0 Å². The Morgan fingerprint density at radius 1 is 1.12 bits per heavy atom. The zero-order valence-electron chi connectivity index (χ0n) is 13.4. The second kappa shape index (κ2) is 6.66. The van der Waals surface area contributed by atoms with Gasteiger partial charge in [0.1, 0.15) is 5.69 Å². The van der Waals surface area contributed by atoms with Crippen molar-refractivity contribution < 1.29 is 9.90 Å². The van der Waals surface area contributed by atoms with Crippen molar-refractivity contribution in [2.75, 3.05) is 0 Å². The maximum absolute atomic E-state index is 12.8. The molecule has 1 N–H and O–H groups in total. The molecule has 0 radical (unpaired) electrons. The summed E-state index contributed by atoms with van der Waals surface area (Å²) >= 11 is 0. The van der Waals surface area contributed by atoms with Crippen LogP contribution in [-0.4, -0.2) is 20.6 Å². The fourth-order valence-corrected chi connectivity index (χ4v) is 2.75. The number of para-hydroxylation sites is 2. The average molecular weight is 322 g/mol. The largest absolute Gasteiger partial charge is 0.481 e. The minimum atomic E-state index is -0.935. The summed E-state index contributed by atoms with van der Waals surface area (Å²) in [7, 11) is 0. The van der Waals surface area contributed by atoms with Crippen LogP contribution in [0.2, 0.25) is 0 Å². The summed E-state index contributed by atoms with van der Waals surface area (Å²) in [4.78, 5) is 28.0. The van der Waals surface area contributed by atoms with Gasteiger partial charge in [0.2, 0.25) is 0 Å². The summed E-state index contributed by atoms with van der Waals surface area (Å²) in [5.41, 5.74) is 3.69. The van der Waals surface area contributed by atoms with Crippen LogP contribution in [0.4, 0.5) is 0 Å². The molecule has 5 nitrogen and oxygen atoms in total. The molecule has 0 aliphatic carbocycles. The third-order valence-corrected chi connectivity index (χ3v) is 4.09. The number of carboxylic acids is 1. The van der Waals surface area contributed by atoms with E-state index in [4.69, 9.17) is 5.11 Å². The molecule has 0 amide bonds. The Bertz CT molecular complexity index is 960. The Kier molecular flexibility index (Phi) is 4.42. The second-order valence-corrected chi connectivity index (χ2v) is 5.76. The first-order valence-corrected chi connectivity index (χ1v) is 7.81. The summed E-state index contributed by atoms with van der Waals surface area (Å²) in [6, 6.07) is 15.3. The molecule has 3 aromatic rings. The predicted molar refractivity (Wildman–Crippen MR) is 92.2 cm³/mol. The van der Waals surface area contributed by atoms with Gasteiger partial charge >= 0.3 is 5.97 Å². The van der Waals surface area contributed by atoms with Gasteiger partial charge in [-0.1, -0.05) is 36.4 Å². The SMILES string of the molecule is Cc1ccccc1Cn1c(=O)c(CCC(=O)O)nc2ccccc21. The first kappa shape index (κ1) is 15.9. The van der Waals surface area contributed by atoms with Gasteiger partial charge in [-0.05, 0) is 30.2 Å². The van der Waals surface area contributed by atoms with E-state index in [1.807, 2.05) is 55.5 Å². The number of aliphatic carboxylic acids is 1. The smallest absolute Gasteiger partial charge is 0.303 e. The average Bonchev–Trinajstić information content (AvgIpc) is 2.57. The molecule has 0 aliphatic heterocycles. The van der Waals surface area contributed by atoms with Crippen LogP contribution in [0.5, 0.6) is 0 Å². The number of nitrogens with zero attached hydrogens (tertiary/aromatic N) is 2. The van der Waals surface area contributed by atoms with Crippen LogP contribution in [0.25, 0.3) is 11.0 Å². The molecule has 0 aliphatic rings. The summed E-state index contributed by atoms with van der Waals surface area (Å²) in [6.07, 6.45) is 0.0255. The Morgan fingerprint density at radius 2 is 1.83 bits per heavy atom. The summed E-state index contributed by atoms with van der Waals surface area (Å²) < 4.78 is 1.68. The lowest BCUT2D eigenvalue weighted by Gasteiger charge is -2.13. The van der Waals surface area contributed by atoms with Crippen LogP contribution in [0.3, 0.4) is 0 Å². The molecule has 0 spiro atoms. The molecule has 0 atom stereocenters. The van der Waals surface area contributed by atoms with Crippen molar-refractivity contribution >= 4 is 17.0 Å². The van der Waals surface area contributed by atoms with Crippen molar-refractivity contribution in [1.29, 1.82) is 0 Å². The Hall–Kier alpha value is -2.95. The molecule has 5 heteroatoms. The van der Waals surface area contributed by atoms with Crippen LogP contribution in [-0.2, 0) is 17.8 Å². The number of aromatic nitrogens is 2. The van der Waals surface area contributed by atoms with Crippen molar-refractivity contribution in [3.05, 3.63) is 75.7 Å². The first-order valence-electron chi connectivity index (χ1n) is 7.81. The summed E-state index contributed by atoms with van der Waals surface area (Å²) in [6.45, 7) is 2.45. The van der Waals surface area contributed by atoms with Crippen molar-refractivity contribution in [2.45, 2.75) is 26.3 Å². The molecule has 2 aromatic carbocycles. The Morgan fingerprint density at radius 3 is 2.58 bits per heavy atom. The molecular weight excluding hydrogens is 304 g/mol. The lowest BCUT2D eigenvalue weighted by molar-refractivity contribution is -0.136. The van der Waals surface area contributed by atoms with Gasteiger partial charge in [0.25, 0.3) is 5.56 Å². The van der Waals surface area contributed by atoms with E-state index < -0.39 is 5.97 Å². The van der Waals surface area contributed by atoms with E-state index in [2.05, 4.69) is 4.98 Å². The standard InChI is InChI=1S/C19H18N2O3/c1-13-6-2-3-7-14(13)12-21-17-9-5-4-8-15(17)20-16(19(21)24)10-11-18(22)23/h2-9H,10-12H2,1H3,(H,22,23).